The van der Waals surface area contributed by atoms with Crippen LogP contribution in [-0.4, -0.2) is 118 Å². The quantitative estimate of drug-likeness (QED) is 0.251. The lowest BCUT2D eigenvalue weighted by Gasteiger charge is -2.49. The molecule has 0 aromatic carbocycles. The molecule has 5 aliphatic heterocycles. The zero-order valence-corrected chi connectivity index (χ0v) is 33.4. The number of aliphatic hydroxyl groups is 3. The van der Waals surface area contributed by atoms with Gasteiger partial charge in [0.25, 0.3) is 0 Å². The maximum absolute atomic E-state index is 13.4. The molecule has 3 N–H and O–H groups in total. The Morgan fingerprint density at radius 3 is 2.27 bits per heavy atom. The average Bonchev–Trinajstić information content (AvgIpc) is 3.81. The summed E-state index contributed by atoms with van der Waals surface area (Å²) in [6.45, 7) is 21.4. The van der Waals surface area contributed by atoms with Gasteiger partial charge in [-0.2, -0.15) is 0 Å². The van der Waals surface area contributed by atoms with Gasteiger partial charge in [0, 0.05) is 50.8 Å². The standard InChI is InChI=1S/C40H71NO10/c1-12-38(35-24(5)20-30(47-35)32-23(4)19-25(6)40(45,22-42)50-32)16-15-31(48-38)37(10)17-18-39(51-37)21-29(43)26(7)34(49-39)27(8)33(46-11)28(9)36(44)41(13-2)14-3/h23-35,42-43,45H,12-22H2,1-11H3/t23-,24-,25+,26+,27-,28-,29-,30+,31+,32-,33+,34-,35+,37-,38-,39+,40-/m0/s1. The molecule has 0 unspecified atom stereocenters. The Labute approximate surface area is 307 Å². The van der Waals surface area contributed by atoms with Crippen LogP contribution >= 0.6 is 0 Å². The largest absolute Gasteiger partial charge is 0.393 e. The SMILES string of the molecule is CCN(CC)C(=O)[C@@H](C)[C@H](OC)[C@H](C)[C@H]1O[C@@]2(CC[C@@](C)([C@H]3CC[C@@](CC)([C@@H]4O[C@@H]([C@H]5O[C@@](O)(CO)[C@H](C)C[C@@H]5C)C[C@@H]4C)O3)O2)C[C@H](O)[C@H]1C. The first-order valence-corrected chi connectivity index (χ1v) is 20.2. The molecule has 5 saturated heterocycles. The number of carbonyl (C=O) groups is 1. The highest BCUT2D eigenvalue weighted by atomic mass is 16.7. The number of aliphatic hydroxyl groups excluding tert-OH is 2. The molecular weight excluding hydrogens is 654 g/mol. The van der Waals surface area contributed by atoms with Gasteiger partial charge in [0.1, 0.15) is 0 Å². The first-order valence-electron chi connectivity index (χ1n) is 20.2. The first kappa shape index (κ1) is 41.3. The molecule has 11 nitrogen and oxygen atoms in total. The van der Waals surface area contributed by atoms with Crippen molar-refractivity contribution in [3.63, 3.8) is 0 Å². The third kappa shape index (κ3) is 7.56. The van der Waals surface area contributed by atoms with Crippen LogP contribution in [0.3, 0.4) is 0 Å². The molecule has 11 heteroatoms. The van der Waals surface area contributed by atoms with E-state index in [4.69, 9.17) is 28.4 Å². The van der Waals surface area contributed by atoms with Crippen molar-refractivity contribution >= 4 is 5.91 Å². The van der Waals surface area contributed by atoms with Crippen LogP contribution in [0, 0.1) is 35.5 Å². The number of amides is 1. The van der Waals surface area contributed by atoms with E-state index in [1.807, 2.05) is 39.5 Å². The molecule has 0 saturated carbocycles. The number of hydrogen-bond donors (Lipinski definition) is 3. The van der Waals surface area contributed by atoms with Crippen molar-refractivity contribution in [1.82, 2.24) is 4.90 Å². The molecule has 1 spiro atoms. The monoisotopic (exact) mass is 726 g/mol. The van der Waals surface area contributed by atoms with Crippen molar-refractivity contribution in [3.05, 3.63) is 0 Å². The smallest absolute Gasteiger partial charge is 0.228 e. The molecule has 0 aromatic rings. The van der Waals surface area contributed by atoms with E-state index in [1.165, 1.54) is 0 Å². The summed E-state index contributed by atoms with van der Waals surface area (Å²) in [4.78, 5) is 15.2. The van der Waals surface area contributed by atoms with Crippen molar-refractivity contribution < 1.29 is 48.5 Å². The number of hydrogen-bond acceptors (Lipinski definition) is 10. The van der Waals surface area contributed by atoms with Gasteiger partial charge in [-0.05, 0) is 71.1 Å². The Bertz CT molecular complexity index is 1190. The predicted molar refractivity (Wildman–Crippen MR) is 193 cm³/mol. The highest BCUT2D eigenvalue weighted by molar-refractivity contribution is 5.79. The van der Waals surface area contributed by atoms with Gasteiger partial charge in [-0.1, -0.05) is 48.5 Å². The molecule has 5 aliphatic rings. The molecular formula is C40H71NO10. The number of ether oxygens (including phenoxy) is 6. The Balaban J connectivity index is 1.28. The second-order valence-electron chi connectivity index (χ2n) is 17.5. The van der Waals surface area contributed by atoms with Crippen LogP contribution in [0.5, 0.6) is 0 Å². The summed E-state index contributed by atoms with van der Waals surface area (Å²) in [5, 5.41) is 32.4. The van der Waals surface area contributed by atoms with Crippen molar-refractivity contribution in [3.8, 4) is 0 Å². The normalized spacial score (nSPS) is 47.8. The average molecular weight is 726 g/mol. The van der Waals surface area contributed by atoms with Gasteiger partial charge in [0.2, 0.25) is 5.91 Å². The second-order valence-corrected chi connectivity index (χ2v) is 17.5. The number of carbonyl (C=O) groups excluding carboxylic acids is 1. The van der Waals surface area contributed by atoms with Crippen molar-refractivity contribution in [1.29, 1.82) is 0 Å². The van der Waals surface area contributed by atoms with Gasteiger partial charge < -0.3 is 48.6 Å². The summed E-state index contributed by atoms with van der Waals surface area (Å²) >= 11 is 0. The van der Waals surface area contributed by atoms with Crippen molar-refractivity contribution in [2.75, 3.05) is 26.8 Å². The van der Waals surface area contributed by atoms with Crippen LogP contribution in [0.4, 0.5) is 0 Å². The molecule has 0 aliphatic carbocycles. The Morgan fingerprint density at radius 1 is 0.980 bits per heavy atom. The minimum Gasteiger partial charge on any atom is -0.393 e. The molecule has 296 valence electrons. The van der Waals surface area contributed by atoms with Crippen LogP contribution in [-0.2, 0) is 33.2 Å². The molecule has 5 fully saturated rings. The summed E-state index contributed by atoms with van der Waals surface area (Å²) in [5.74, 6) is -2.90. The fourth-order valence-electron chi connectivity index (χ4n) is 10.7. The third-order valence-corrected chi connectivity index (χ3v) is 14.1. The van der Waals surface area contributed by atoms with E-state index in [-0.39, 0.29) is 78.0 Å². The highest BCUT2D eigenvalue weighted by Gasteiger charge is 2.62. The topological polar surface area (TPSA) is 136 Å². The summed E-state index contributed by atoms with van der Waals surface area (Å²) in [6, 6.07) is 0. The lowest BCUT2D eigenvalue weighted by atomic mass is 9.78. The minimum absolute atomic E-state index is 0.0637. The van der Waals surface area contributed by atoms with Crippen LogP contribution in [0.1, 0.15) is 121 Å². The Hall–Kier alpha value is -0.890. The number of rotatable bonds is 12. The van der Waals surface area contributed by atoms with Crippen molar-refractivity contribution in [2.45, 2.75) is 186 Å². The zero-order valence-electron chi connectivity index (χ0n) is 33.4. The van der Waals surface area contributed by atoms with E-state index in [0.29, 0.717) is 25.9 Å². The van der Waals surface area contributed by atoms with E-state index >= 15 is 0 Å². The molecule has 51 heavy (non-hydrogen) atoms. The molecule has 0 aromatic heterocycles. The molecule has 0 radical (unpaired) electrons. The van der Waals surface area contributed by atoms with E-state index in [1.54, 1.807) is 7.11 Å². The van der Waals surface area contributed by atoms with E-state index in [9.17, 15) is 20.1 Å². The lowest BCUT2D eigenvalue weighted by molar-refractivity contribution is -0.336. The summed E-state index contributed by atoms with van der Waals surface area (Å²) < 4.78 is 40.2. The number of methoxy groups -OCH3 is 1. The lowest BCUT2D eigenvalue weighted by Crippen LogP contribution is -2.57. The maximum Gasteiger partial charge on any atom is 0.228 e. The van der Waals surface area contributed by atoms with Crippen LogP contribution in [0.25, 0.3) is 0 Å². The fourth-order valence-corrected chi connectivity index (χ4v) is 10.7. The Kier molecular flexibility index (Phi) is 12.7. The van der Waals surface area contributed by atoms with Gasteiger partial charge in [0.05, 0.1) is 66.5 Å². The molecule has 0 bridgehead atoms. The van der Waals surface area contributed by atoms with E-state index in [2.05, 4.69) is 34.6 Å². The van der Waals surface area contributed by atoms with Gasteiger partial charge in [0.15, 0.2) is 11.6 Å². The van der Waals surface area contributed by atoms with Crippen LogP contribution in [0.2, 0.25) is 0 Å². The van der Waals surface area contributed by atoms with Crippen LogP contribution < -0.4 is 0 Å². The zero-order chi connectivity index (χ0) is 37.7. The highest BCUT2D eigenvalue weighted by Crippen LogP contribution is 2.55. The molecule has 5 rings (SSSR count). The van der Waals surface area contributed by atoms with Crippen LogP contribution in [0.15, 0.2) is 0 Å². The van der Waals surface area contributed by atoms with Crippen molar-refractivity contribution in [2.24, 2.45) is 35.5 Å². The third-order valence-electron chi connectivity index (χ3n) is 14.1. The predicted octanol–water partition coefficient (Wildman–Crippen LogP) is 5.06. The minimum atomic E-state index is -1.56. The van der Waals surface area contributed by atoms with E-state index in [0.717, 1.165) is 38.5 Å². The van der Waals surface area contributed by atoms with Gasteiger partial charge in [-0.3, -0.25) is 4.79 Å². The number of nitrogens with zero attached hydrogens (tertiary/aromatic N) is 1. The van der Waals surface area contributed by atoms with E-state index < -0.39 is 35.5 Å². The molecule has 17 atom stereocenters. The fraction of sp³-hybridized carbons (Fsp3) is 0.975. The molecule has 1 amide bonds. The summed E-state index contributed by atoms with van der Waals surface area (Å²) in [5.41, 5.74) is -1.11. The second kappa shape index (κ2) is 15.7. The summed E-state index contributed by atoms with van der Waals surface area (Å²) in [7, 11) is 1.66. The molecule has 5 heterocycles. The van der Waals surface area contributed by atoms with Gasteiger partial charge >= 0.3 is 0 Å². The Morgan fingerprint density at radius 2 is 1.67 bits per heavy atom. The van der Waals surface area contributed by atoms with Gasteiger partial charge in [-0.15, -0.1) is 0 Å². The first-order chi connectivity index (χ1) is 24.0. The summed E-state index contributed by atoms with van der Waals surface area (Å²) in [6.07, 6.45) is 3.57. The van der Waals surface area contributed by atoms with Gasteiger partial charge in [-0.25, -0.2) is 0 Å². The maximum atomic E-state index is 13.4.